The Hall–Kier alpha value is -8.29. The van der Waals surface area contributed by atoms with Crippen LogP contribution in [0.2, 0.25) is 0 Å². The van der Waals surface area contributed by atoms with Crippen molar-refractivity contribution in [3.8, 4) is 102 Å². The zero-order valence-corrected chi connectivity index (χ0v) is 32.3. The quantitative estimate of drug-likeness (QED) is 0.144. The molecule has 10 rings (SSSR count). The second-order valence-corrected chi connectivity index (χ2v) is 14.2. The van der Waals surface area contributed by atoms with Crippen molar-refractivity contribution in [3.63, 3.8) is 0 Å². The lowest BCUT2D eigenvalue weighted by Gasteiger charge is -2.15. The van der Waals surface area contributed by atoms with Crippen LogP contribution in [0, 0.1) is 0 Å². The molecule has 0 spiro atoms. The van der Waals surface area contributed by atoms with Crippen LogP contribution in [-0.4, -0.2) is 34.9 Å². The van der Waals surface area contributed by atoms with E-state index in [1.165, 1.54) is 0 Å². The Morgan fingerprint density at radius 2 is 0.683 bits per heavy atom. The molecule has 0 fully saturated rings. The number of pyridine rings is 3. The maximum atomic E-state index is 5.17. The average Bonchev–Trinajstić information content (AvgIpc) is 3.35. The third kappa shape index (κ3) is 7.58. The van der Waals surface area contributed by atoms with Gasteiger partial charge in [-0.3, -0.25) is 9.97 Å². The Morgan fingerprint density at radius 1 is 0.233 bits per heavy atom. The number of aromatic nitrogens is 7. The molecule has 0 radical (unpaired) electrons. The van der Waals surface area contributed by atoms with E-state index in [0.717, 1.165) is 84.4 Å². The molecular formula is C53H35N7. The molecule has 0 unspecified atom stereocenters. The summed E-state index contributed by atoms with van der Waals surface area (Å²) in [6, 6.07) is 67.1. The summed E-state index contributed by atoms with van der Waals surface area (Å²) < 4.78 is 0. The van der Waals surface area contributed by atoms with Crippen molar-refractivity contribution >= 4 is 0 Å². The van der Waals surface area contributed by atoms with Crippen LogP contribution in [-0.2, 0) is 0 Å². The number of hydrogen-bond acceptors (Lipinski definition) is 7. The van der Waals surface area contributed by atoms with Crippen molar-refractivity contribution in [2.24, 2.45) is 0 Å². The molecule has 5 heterocycles. The third-order valence-corrected chi connectivity index (χ3v) is 10.2. The zero-order chi connectivity index (χ0) is 40.1. The van der Waals surface area contributed by atoms with Crippen LogP contribution in [0.5, 0.6) is 0 Å². The van der Waals surface area contributed by atoms with Gasteiger partial charge < -0.3 is 0 Å². The molecule has 7 heteroatoms. The Bertz CT molecular complexity index is 2940. The Kier molecular flexibility index (Phi) is 9.79. The molecule has 5 aromatic carbocycles. The fraction of sp³-hybridized carbons (Fsp3) is 0. The molecule has 282 valence electrons. The van der Waals surface area contributed by atoms with E-state index >= 15 is 0 Å². The van der Waals surface area contributed by atoms with E-state index in [-0.39, 0.29) is 0 Å². The maximum Gasteiger partial charge on any atom is 0.160 e. The highest BCUT2D eigenvalue weighted by Gasteiger charge is 2.18. The molecule has 0 bridgehead atoms. The van der Waals surface area contributed by atoms with Crippen molar-refractivity contribution < 1.29 is 0 Å². The van der Waals surface area contributed by atoms with Crippen LogP contribution in [0.1, 0.15) is 0 Å². The van der Waals surface area contributed by atoms with Gasteiger partial charge in [-0.1, -0.05) is 152 Å². The molecule has 0 saturated heterocycles. The smallest absolute Gasteiger partial charge is 0.160 e. The lowest BCUT2D eigenvalue weighted by Crippen LogP contribution is -1.98. The molecule has 0 saturated carbocycles. The van der Waals surface area contributed by atoms with Crippen LogP contribution in [0.15, 0.2) is 213 Å². The van der Waals surface area contributed by atoms with Gasteiger partial charge in [-0.25, -0.2) is 24.9 Å². The van der Waals surface area contributed by atoms with Gasteiger partial charge in [0.05, 0.1) is 45.6 Å². The van der Waals surface area contributed by atoms with Gasteiger partial charge in [-0.2, -0.15) is 0 Å². The Labute approximate surface area is 347 Å². The zero-order valence-electron chi connectivity index (χ0n) is 32.3. The van der Waals surface area contributed by atoms with Gasteiger partial charge in [0.2, 0.25) is 0 Å². The van der Waals surface area contributed by atoms with Crippen LogP contribution in [0.4, 0.5) is 0 Å². The van der Waals surface area contributed by atoms with Crippen molar-refractivity contribution in [1.29, 1.82) is 0 Å². The molecular weight excluding hydrogens is 735 g/mol. The first-order valence-corrected chi connectivity index (χ1v) is 19.7. The van der Waals surface area contributed by atoms with Crippen molar-refractivity contribution in [1.82, 2.24) is 34.9 Å². The fourth-order valence-corrected chi connectivity index (χ4v) is 7.24. The monoisotopic (exact) mass is 769 g/mol. The SMILES string of the molecule is c1ccc(-c2cc(-c3ccc(-c4cc(-c5ccccc5-c5cc(-c6ccccc6)nc(-c6ccccc6)n5)cc(-c5ccccn5)n4)nc3)nc(-c3ccccc3)n2)cc1. The van der Waals surface area contributed by atoms with Crippen molar-refractivity contribution in [3.05, 3.63) is 213 Å². The van der Waals surface area contributed by atoms with E-state index in [9.17, 15) is 0 Å². The first-order valence-electron chi connectivity index (χ1n) is 19.7. The van der Waals surface area contributed by atoms with E-state index in [1.807, 2.05) is 146 Å². The summed E-state index contributed by atoms with van der Waals surface area (Å²) in [7, 11) is 0. The summed E-state index contributed by atoms with van der Waals surface area (Å²) >= 11 is 0. The second-order valence-electron chi connectivity index (χ2n) is 14.2. The van der Waals surface area contributed by atoms with E-state index in [0.29, 0.717) is 17.3 Å². The highest BCUT2D eigenvalue weighted by atomic mass is 14.9. The lowest BCUT2D eigenvalue weighted by atomic mass is 9.95. The molecule has 0 aliphatic rings. The molecule has 0 N–H and O–H groups in total. The predicted molar refractivity (Wildman–Crippen MR) is 240 cm³/mol. The molecule has 0 atom stereocenters. The van der Waals surface area contributed by atoms with E-state index in [4.69, 9.17) is 34.9 Å². The van der Waals surface area contributed by atoms with E-state index < -0.39 is 0 Å². The van der Waals surface area contributed by atoms with Gasteiger partial charge in [0.25, 0.3) is 0 Å². The van der Waals surface area contributed by atoms with Gasteiger partial charge in [-0.05, 0) is 59.7 Å². The first kappa shape index (κ1) is 36.1. The van der Waals surface area contributed by atoms with Gasteiger partial charge in [0.15, 0.2) is 11.6 Å². The molecule has 0 aliphatic heterocycles. The summed E-state index contributed by atoms with van der Waals surface area (Å²) in [5.41, 5.74) is 13.9. The Morgan fingerprint density at radius 3 is 1.20 bits per heavy atom. The first-order chi connectivity index (χ1) is 29.7. The largest absolute Gasteiger partial charge is 0.255 e. The number of nitrogens with zero attached hydrogens (tertiary/aromatic N) is 7. The average molecular weight is 770 g/mol. The normalized spacial score (nSPS) is 11.0. The minimum Gasteiger partial charge on any atom is -0.255 e. The summed E-state index contributed by atoms with van der Waals surface area (Å²) in [4.78, 5) is 35.0. The number of rotatable bonds is 9. The van der Waals surface area contributed by atoms with E-state index in [1.54, 1.807) is 6.20 Å². The van der Waals surface area contributed by atoms with Crippen LogP contribution in [0.25, 0.3) is 102 Å². The summed E-state index contributed by atoms with van der Waals surface area (Å²) in [6.07, 6.45) is 3.65. The maximum absolute atomic E-state index is 5.17. The highest BCUT2D eigenvalue weighted by Crippen LogP contribution is 2.37. The van der Waals surface area contributed by atoms with E-state index in [2.05, 4.69) is 60.7 Å². The molecule has 10 aromatic rings. The molecule has 0 aliphatic carbocycles. The van der Waals surface area contributed by atoms with Crippen molar-refractivity contribution in [2.75, 3.05) is 0 Å². The van der Waals surface area contributed by atoms with Gasteiger partial charge >= 0.3 is 0 Å². The van der Waals surface area contributed by atoms with Gasteiger partial charge in [0, 0.05) is 45.8 Å². The third-order valence-electron chi connectivity index (χ3n) is 10.2. The highest BCUT2D eigenvalue weighted by molar-refractivity contribution is 5.87. The second kappa shape index (κ2) is 16.3. The van der Waals surface area contributed by atoms with Gasteiger partial charge in [0.1, 0.15) is 0 Å². The van der Waals surface area contributed by atoms with Gasteiger partial charge in [-0.15, -0.1) is 0 Å². The minimum absolute atomic E-state index is 0.652. The Balaban J connectivity index is 1.09. The topological polar surface area (TPSA) is 90.2 Å². The minimum atomic E-state index is 0.652. The van der Waals surface area contributed by atoms with Crippen molar-refractivity contribution in [2.45, 2.75) is 0 Å². The lowest BCUT2D eigenvalue weighted by molar-refractivity contribution is 1.17. The molecule has 0 amide bonds. The van der Waals surface area contributed by atoms with Crippen LogP contribution in [0.3, 0.4) is 0 Å². The molecule has 7 nitrogen and oxygen atoms in total. The number of benzene rings is 5. The molecule has 5 aromatic heterocycles. The predicted octanol–water partition coefficient (Wildman–Crippen LogP) is 12.5. The van der Waals surface area contributed by atoms with Crippen LogP contribution < -0.4 is 0 Å². The van der Waals surface area contributed by atoms with Crippen LogP contribution >= 0.6 is 0 Å². The summed E-state index contributed by atoms with van der Waals surface area (Å²) in [6.45, 7) is 0. The fourth-order valence-electron chi connectivity index (χ4n) is 7.24. The standard InChI is InChI=1S/C53H35N7/c1-5-17-36(18-6-1)46-33-48(59-52(57-46)38-21-9-3-10-22-38)40-28-29-45(55-35-40)51-32-41(31-50(56-51)44-27-15-16-30-54-44)42-25-13-14-26-43(42)49-34-47(37-19-7-2-8-20-37)58-53(60-49)39-23-11-4-12-24-39/h1-35H. The number of hydrogen-bond donors (Lipinski definition) is 0. The molecule has 60 heavy (non-hydrogen) atoms. The summed E-state index contributed by atoms with van der Waals surface area (Å²) in [5, 5.41) is 0. The summed E-state index contributed by atoms with van der Waals surface area (Å²) in [5.74, 6) is 1.31.